The summed E-state index contributed by atoms with van der Waals surface area (Å²) in [5.74, 6) is -0.106. The third kappa shape index (κ3) is 5.34. The van der Waals surface area contributed by atoms with Crippen LogP contribution in [0.4, 0.5) is 4.79 Å². The molecule has 2 fully saturated rings. The first kappa shape index (κ1) is 19.0. The number of nitrogens with one attached hydrogen (secondary N) is 1. The first-order valence-electron chi connectivity index (χ1n) is 8.69. The van der Waals surface area contributed by atoms with Crippen molar-refractivity contribution < 1.29 is 19.1 Å². The monoisotopic (exact) mass is 341 g/mol. The van der Waals surface area contributed by atoms with Crippen LogP contribution in [0.3, 0.4) is 0 Å². The van der Waals surface area contributed by atoms with Gasteiger partial charge in [-0.2, -0.15) is 0 Å². The van der Waals surface area contributed by atoms with E-state index in [1.165, 1.54) is 4.90 Å². The predicted molar refractivity (Wildman–Crippen MR) is 90.8 cm³/mol. The third-order valence-corrected chi connectivity index (χ3v) is 4.13. The van der Waals surface area contributed by atoms with Gasteiger partial charge in [0.1, 0.15) is 11.6 Å². The van der Waals surface area contributed by atoms with Gasteiger partial charge in [-0.05, 0) is 41.0 Å². The molecule has 0 aromatic rings. The Morgan fingerprint density at radius 2 is 1.75 bits per heavy atom. The number of likely N-dealkylation sites (tertiary alicyclic amines) is 1. The number of amides is 2. The molecule has 138 valence electrons. The van der Waals surface area contributed by atoms with Crippen LogP contribution in [-0.2, 0) is 14.3 Å². The molecule has 7 heteroatoms. The highest BCUT2D eigenvalue weighted by Gasteiger charge is 2.41. The van der Waals surface area contributed by atoms with Gasteiger partial charge in [0.05, 0.1) is 13.2 Å². The summed E-state index contributed by atoms with van der Waals surface area (Å²) in [4.78, 5) is 28.5. The molecular formula is C17H31N3O4. The van der Waals surface area contributed by atoms with Crippen molar-refractivity contribution in [2.75, 3.05) is 39.4 Å². The summed E-state index contributed by atoms with van der Waals surface area (Å²) < 4.78 is 10.7. The van der Waals surface area contributed by atoms with E-state index in [1.54, 1.807) is 0 Å². The fraction of sp³-hybridized carbons (Fsp3) is 0.882. The highest BCUT2D eigenvalue weighted by molar-refractivity contribution is 5.87. The zero-order valence-electron chi connectivity index (χ0n) is 15.6. The van der Waals surface area contributed by atoms with Gasteiger partial charge < -0.3 is 14.8 Å². The van der Waals surface area contributed by atoms with E-state index in [9.17, 15) is 9.59 Å². The van der Waals surface area contributed by atoms with Crippen LogP contribution in [0.5, 0.6) is 0 Å². The van der Waals surface area contributed by atoms with E-state index >= 15 is 0 Å². The van der Waals surface area contributed by atoms with Crippen LogP contribution in [0, 0.1) is 0 Å². The van der Waals surface area contributed by atoms with Crippen molar-refractivity contribution in [3.8, 4) is 0 Å². The molecule has 2 saturated heterocycles. The highest BCUT2D eigenvalue weighted by atomic mass is 16.6. The molecule has 2 aliphatic heterocycles. The van der Waals surface area contributed by atoms with Gasteiger partial charge in [-0.15, -0.1) is 0 Å². The van der Waals surface area contributed by atoms with E-state index in [1.807, 2.05) is 34.6 Å². The van der Waals surface area contributed by atoms with E-state index in [-0.39, 0.29) is 11.4 Å². The van der Waals surface area contributed by atoms with Crippen molar-refractivity contribution in [2.45, 2.75) is 58.2 Å². The molecule has 0 aromatic heterocycles. The van der Waals surface area contributed by atoms with Crippen LogP contribution in [0.25, 0.3) is 0 Å². The molecule has 2 aliphatic rings. The summed E-state index contributed by atoms with van der Waals surface area (Å²) >= 11 is 0. The van der Waals surface area contributed by atoms with Crippen molar-refractivity contribution in [2.24, 2.45) is 0 Å². The van der Waals surface area contributed by atoms with Gasteiger partial charge in [-0.1, -0.05) is 0 Å². The van der Waals surface area contributed by atoms with E-state index in [0.29, 0.717) is 13.0 Å². The molecule has 0 spiro atoms. The van der Waals surface area contributed by atoms with Crippen molar-refractivity contribution >= 4 is 12.0 Å². The second-order valence-electron chi connectivity index (χ2n) is 8.24. The lowest BCUT2D eigenvalue weighted by Gasteiger charge is -2.42. The van der Waals surface area contributed by atoms with Crippen molar-refractivity contribution in [1.82, 2.24) is 15.1 Å². The first-order chi connectivity index (χ1) is 11.1. The Morgan fingerprint density at radius 3 is 2.25 bits per heavy atom. The Kier molecular flexibility index (Phi) is 5.75. The molecule has 0 radical (unpaired) electrons. The quantitative estimate of drug-likeness (QED) is 0.833. The summed E-state index contributed by atoms with van der Waals surface area (Å²) in [7, 11) is 0. The minimum absolute atomic E-state index is 0.106. The van der Waals surface area contributed by atoms with E-state index in [2.05, 4.69) is 10.2 Å². The van der Waals surface area contributed by atoms with Gasteiger partial charge >= 0.3 is 6.09 Å². The molecule has 0 unspecified atom stereocenters. The molecule has 1 N–H and O–H groups in total. The fourth-order valence-corrected chi connectivity index (χ4v) is 2.97. The maximum absolute atomic E-state index is 12.6. The second-order valence-corrected chi connectivity index (χ2v) is 8.24. The minimum Gasteiger partial charge on any atom is -0.444 e. The molecule has 2 amide bonds. The summed E-state index contributed by atoms with van der Waals surface area (Å²) in [6.07, 6.45) is 0.263. The minimum atomic E-state index is -0.552. The summed E-state index contributed by atoms with van der Waals surface area (Å²) in [5.41, 5.74) is -0.910. The lowest BCUT2D eigenvalue weighted by atomic mass is 9.99. The Labute approximate surface area is 144 Å². The van der Waals surface area contributed by atoms with Gasteiger partial charge in [0.15, 0.2) is 0 Å². The molecule has 0 bridgehead atoms. The van der Waals surface area contributed by atoms with E-state index < -0.39 is 17.7 Å². The average molecular weight is 341 g/mol. The largest absolute Gasteiger partial charge is 0.444 e. The number of hydrogen-bond donors (Lipinski definition) is 1. The smallest absolute Gasteiger partial charge is 0.410 e. The SMILES string of the molecule is CC(C)(CN1CCOCC1)NC(=O)[C@H]1CCN1C(=O)OC(C)(C)C. The molecular weight excluding hydrogens is 310 g/mol. The predicted octanol–water partition coefficient (Wildman–Crippen LogP) is 1.22. The maximum atomic E-state index is 12.6. The lowest BCUT2D eigenvalue weighted by Crippen LogP contribution is -2.63. The van der Waals surface area contributed by atoms with Crippen LogP contribution in [0.15, 0.2) is 0 Å². The zero-order chi connectivity index (χ0) is 18.0. The average Bonchev–Trinajstić information content (AvgIpc) is 2.34. The number of nitrogens with zero attached hydrogens (tertiary/aromatic N) is 2. The molecule has 0 aromatic carbocycles. The topological polar surface area (TPSA) is 71.1 Å². The molecule has 1 atom stereocenters. The summed E-state index contributed by atoms with van der Waals surface area (Å²) in [6, 6.07) is -0.427. The van der Waals surface area contributed by atoms with Crippen molar-refractivity contribution in [3.63, 3.8) is 0 Å². The standard InChI is InChI=1S/C17H31N3O4/c1-16(2,3)24-15(22)20-7-6-13(20)14(21)18-17(4,5)12-19-8-10-23-11-9-19/h13H,6-12H2,1-5H3,(H,18,21)/t13-/m1/s1. The zero-order valence-corrected chi connectivity index (χ0v) is 15.6. The Hall–Kier alpha value is -1.34. The normalized spacial score (nSPS) is 22.7. The van der Waals surface area contributed by atoms with Gasteiger partial charge in [-0.25, -0.2) is 4.79 Å². The Bertz CT molecular complexity index is 467. The lowest BCUT2D eigenvalue weighted by molar-refractivity contribution is -0.132. The van der Waals surface area contributed by atoms with Crippen LogP contribution < -0.4 is 5.32 Å². The number of morpholine rings is 1. The number of rotatable bonds is 4. The maximum Gasteiger partial charge on any atom is 0.410 e. The van der Waals surface area contributed by atoms with E-state index in [0.717, 1.165) is 32.8 Å². The second kappa shape index (κ2) is 7.27. The Balaban J connectivity index is 1.85. The van der Waals surface area contributed by atoms with Crippen molar-refractivity contribution in [3.05, 3.63) is 0 Å². The fourth-order valence-electron chi connectivity index (χ4n) is 2.97. The third-order valence-electron chi connectivity index (χ3n) is 4.13. The molecule has 0 saturated carbocycles. The molecule has 7 nitrogen and oxygen atoms in total. The number of hydrogen-bond acceptors (Lipinski definition) is 5. The summed E-state index contributed by atoms with van der Waals surface area (Å²) in [6.45, 7) is 14.1. The number of ether oxygens (including phenoxy) is 2. The molecule has 2 heterocycles. The molecule has 24 heavy (non-hydrogen) atoms. The molecule has 2 rings (SSSR count). The number of carbonyl (C=O) groups is 2. The van der Waals surface area contributed by atoms with Gasteiger partial charge in [0.25, 0.3) is 0 Å². The van der Waals surface area contributed by atoms with Crippen LogP contribution in [-0.4, -0.2) is 78.4 Å². The van der Waals surface area contributed by atoms with E-state index in [4.69, 9.17) is 9.47 Å². The van der Waals surface area contributed by atoms with Crippen LogP contribution >= 0.6 is 0 Å². The Morgan fingerprint density at radius 1 is 1.12 bits per heavy atom. The first-order valence-corrected chi connectivity index (χ1v) is 8.69. The van der Waals surface area contributed by atoms with Gasteiger partial charge in [0.2, 0.25) is 5.91 Å². The summed E-state index contributed by atoms with van der Waals surface area (Å²) in [5, 5.41) is 3.08. The van der Waals surface area contributed by atoms with Gasteiger partial charge in [0, 0.05) is 31.7 Å². The van der Waals surface area contributed by atoms with Crippen LogP contribution in [0.1, 0.15) is 41.0 Å². The number of carbonyl (C=O) groups excluding carboxylic acids is 2. The van der Waals surface area contributed by atoms with Crippen molar-refractivity contribution in [1.29, 1.82) is 0 Å². The highest BCUT2D eigenvalue weighted by Crippen LogP contribution is 2.22. The molecule has 0 aliphatic carbocycles. The van der Waals surface area contributed by atoms with Crippen LogP contribution in [0.2, 0.25) is 0 Å². The van der Waals surface area contributed by atoms with Gasteiger partial charge in [-0.3, -0.25) is 14.6 Å².